The zero-order valence-electron chi connectivity index (χ0n) is 14.4. The molecule has 25 heavy (non-hydrogen) atoms. The lowest BCUT2D eigenvalue weighted by Gasteiger charge is -2.35. The summed E-state index contributed by atoms with van der Waals surface area (Å²) in [6.07, 6.45) is 2.26. The Kier molecular flexibility index (Phi) is 8.93. The van der Waals surface area contributed by atoms with Crippen LogP contribution in [0.4, 0.5) is 0 Å². The molecule has 9 heteroatoms. The van der Waals surface area contributed by atoms with Crippen LogP contribution in [0.5, 0.6) is 0 Å². The molecule has 0 bridgehead atoms. The van der Waals surface area contributed by atoms with Gasteiger partial charge in [-0.3, -0.25) is 4.99 Å². The third-order valence-corrected chi connectivity index (χ3v) is 6.89. The number of benzene rings is 1. The highest BCUT2D eigenvalue weighted by atomic mass is 127. The van der Waals surface area contributed by atoms with Gasteiger partial charge >= 0.3 is 0 Å². The maximum Gasteiger partial charge on any atom is 0.191 e. The maximum atomic E-state index is 12.3. The first-order valence-electron chi connectivity index (χ1n) is 7.83. The first kappa shape index (κ1) is 22.5. The van der Waals surface area contributed by atoms with Crippen molar-refractivity contribution >= 4 is 51.4 Å². The van der Waals surface area contributed by atoms with Crippen LogP contribution in [0.25, 0.3) is 0 Å². The molecule has 1 aromatic carbocycles. The number of hydrogen-bond acceptors (Lipinski definition) is 4. The standard InChI is InChI=1S/C16H24ClN3O3S.HI/c1-18-15(19-11-13-5-3-4-6-14(13)17)20-12-16(24(2,21)22)7-9-23-10-8-16;/h3-6H,7-12H2,1-2H3,(H2,18,19,20);1H. The summed E-state index contributed by atoms with van der Waals surface area (Å²) in [5.74, 6) is 0.546. The lowest BCUT2D eigenvalue weighted by molar-refractivity contribution is 0.0756. The molecule has 1 aliphatic heterocycles. The van der Waals surface area contributed by atoms with Crippen LogP contribution in [0, 0.1) is 0 Å². The third kappa shape index (κ3) is 5.97. The lowest BCUT2D eigenvalue weighted by Crippen LogP contribution is -2.53. The van der Waals surface area contributed by atoms with Gasteiger partial charge in [0.05, 0.1) is 4.75 Å². The summed E-state index contributed by atoms with van der Waals surface area (Å²) in [5, 5.41) is 6.98. The van der Waals surface area contributed by atoms with Gasteiger partial charge in [-0.2, -0.15) is 0 Å². The summed E-state index contributed by atoms with van der Waals surface area (Å²) in [6.45, 7) is 1.73. The van der Waals surface area contributed by atoms with Crippen molar-refractivity contribution in [3.63, 3.8) is 0 Å². The highest BCUT2D eigenvalue weighted by Gasteiger charge is 2.42. The SMILES string of the molecule is CN=C(NCc1ccccc1Cl)NCC1(S(C)(=O)=O)CCOCC1.I. The summed E-state index contributed by atoms with van der Waals surface area (Å²) < 4.78 is 29.0. The van der Waals surface area contributed by atoms with E-state index in [0.717, 1.165) is 5.56 Å². The molecule has 0 saturated carbocycles. The van der Waals surface area contributed by atoms with Gasteiger partial charge in [0, 0.05) is 44.6 Å². The van der Waals surface area contributed by atoms with Crippen LogP contribution in [0.3, 0.4) is 0 Å². The molecule has 0 atom stereocenters. The van der Waals surface area contributed by atoms with E-state index in [9.17, 15) is 8.42 Å². The van der Waals surface area contributed by atoms with Crippen LogP contribution >= 0.6 is 35.6 Å². The predicted octanol–water partition coefficient (Wildman–Crippen LogP) is 2.22. The van der Waals surface area contributed by atoms with E-state index in [1.807, 2.05) is 24.3 Å². The molecule has 1 aromatic rings. The van der Waals surface area contributed by atoms with Crippen LogP contribution in [0.1, 0.15) is 18.4 Å². The molecular formula is C16H25ClIN3O3S. The van der Waals surface area contributed by atoms with Crippen molar-refractivity contribution < 1.29 is 13.2 Å². The van der Waals surface area contributed by atoms with Crippen molar-refractivity contribution in [2.24, 2.45) is 4.99 Å². The van der Waals surface area contributed by atoms with E-state index in [4.69, 9.17) is 16.3 Å². The largest absolute Gasteiger partial charge is 0.381 e. The molecule has 1 heterocycles. The number of halogens is 2. The molecule has 1 aliphatic rings. The smallest absolute Gasteiger partial charge is 0.191 e. The molecule has 0 radical (unpaired) electrons. The highest BCUT2D eigenvalue weighted by Crippen LogP contribution is 2.28. The monoisotopic (exact) mass is 501 g/mol. The van der Waals surface area contributed by atoms with E-state index < -0.39 is 14.6 Å². The van der Waals surface area contributed by atoms with Gasteiger partial charge in [-0.25, -0.2) is 8.42 Å². The number of guanidine groups is 1. The molecule has 142 valence electrons. The van der Waals surface area contributed by atoms with Gasteiger partial charge in [0.2, 0.25) is 0 Å². The number of nitrogens with one attached hydrogen (secondary N) is 2. The molecule has 0 amide bonds. The molecule has 2 N–H and O–H groups in total. The Bertz CT molecular complexity index is 692. The Hall–Kier alpha value is -0.580. The van der Waals surface area contributed by atoms with Crippen molar-refractivity contribution in [3.8, 4) is 0 Å². The van der Waals surface area contributed by atoms with E-state index in [1.54, 1.807) is 7.05 Å². The molecule has 0 spiro atoms. The Morgan fingerprint density at radius 1 is 1.28 bits per heavy atom. The Balaban J connectivity index is 0.00000312. The number of sulfone groups is 1. The van der Waals surface area contributed by atoms with Gasteiger partial charge in [-0.05, 0) is 24.5 Å². The second kappa shape index (κ2) is 9.94. The van der Waals surface area contributed by atoms with E-state index in [0.29, 0.717) is 50.1 Å². The normalized spacial score (nSPS) is 17.5. The van der Waals surface area contributed by atoms with Crippen molar-refractivity contribution in [1.29, 1.82) is 0 Å². The minimum absolute atomic E-state index is 0. The number of hydrogen-bond donors (Lipinski definition) is 2. The second-order valence-electron chi connectivity index (χ2n) is 5.94. The maximum absolute atomic E-state index is 12.3. The predicted molar refractivity (Wildman–Crippen MR) is 113 cm³/mol. The molecule has 0 unspecified atom stereocenters. The Morgan fingerprint density at radius 2 is 1.92 bits per heavy atom. The van der Waals surface area contributed by atoms with Crippen molar-refractivity contribution in [1.82, 2.24) is 10.6 Å². The molecule has 0 aromatic heterocycles. The van der Waals surface area contributed by atoms with Gasteiger partial charge in [0.1, 0.15) is 0 Å². The fraction of sp³-hybridized carbons (Fsp3) is 0.562. The van der Waals surface area contributed by atoms with Gasteiger partial charge in [0.15, 0.2) is 15.8 Å². The van der Waals surface area contributed by atoms with Gasteiger partial charge in [-0.15, -0.1) is 24.0 Å². The van der Waals surface area contributed by atoms with Crippen LogP contribution in [0.2, 0.25) is 5.02 Å². The molecule has 1 fully saturated rings. The zero-order chi connectivity index (χ0) is 17.6. The number of nitrogens with zero attached hydrogens (tertiary/aromatic N) is 1. The molecule has 2 rings (SSSR count). The molecule has 6 nitrogen and oxygen atoms in total. The highest BCUT2D eigenvalue weighted by molar-refractivity contribution is 14.0. The summed E-state index contributed by atoms with van der Waals surface area (Å²) in [4.78, 5) is 4.16. The van der Waals surface area contributed by atoms with E-state index in [-0.39, 0.29) is 24.0 Å². The fourth-order valence-electron chi connectivity index (χ4n) is 2.71. The number of rotatable bonds is 5. The van der Waals surface area contributed by atoms with Crippen LogP contribution < -0.4 is 10.6 Å². The van der Waals surface area contributed by atoms with E-state index >= 15 is 0 Å². The number of ether oxygens (including phenoxy) is 1. The molecular weight excluding hydrogens is 477 g/mol. The van der Waals surface area contributed by atoms with Gasteiger partial charge in [0.25, 0.3) is 0 Å². The van der Waals surface area contributed by atoms with Crippen LogP contribution in [-0.4, -0.2) is 52.2 Å². The van der Waals surface area contributed by atoms with E-state index in [1.165, 1.54) is 6.26 Å². The van der Waals surface area contributed by atoms with Crippen molar-refractivity contribution in [3.05, 3.63) is 34.9 Å². The van der Waals surface area contributed by atoms with Gasteiger partial charge < -0.3 is 15.4 Å². The van der Waals surface area contributed by atoms with Gasteiger partial charge in [-0.1, -0.05) is 29.8 Å². The number of aliphatic imine (C=N–C) groups is 1. The Labute approximate surface area is 171 Å². The first-order valence-corrected chi connectivity index (χ1v) is 10.1. The van der Waals surface area contributed by atoms with Crippen LogP contribution in [-0.2, 0) is 21.1 Å². The zero-order valence-corrected chi connectivity index (χ0v) is 18.3. The molecule has 0 aliphatic carbocycles. The second-order valence-corrected chi connectivity index (χ2v) is 8.76. The minimum atomic E-state index is -3.21. The summed E-state index contributed by atoms with van der Waals surface area (Å²) >= 11 is 6.14. The van der Waals surface area contributed by atoms with E-state index in [2.05, 4.69) is 15.6 Å². The minimum Gasteiger partial charge on any atom is -0.381 e. The summed E-state index contributed by atoms with van der Waals surface area (Å²) in [7, 11) is -1.56. The third-order valence-electron chi connectivity index (χ3n) is 4.40. The summed E-state index contributed by atoms with van der Waals surface area (Å²) in [6, 6.07) is 7.55. The first-order chi connectivity index (χ1) is 11.4. The Morgan fingerprint density at radius 3 is 2.48 bits per heavy atom. The molecule has 1 saturated heterocycles. The van der Waals surface area contributed by atoms with Crippen molar-refractivity contribution in [2.75, 3.05) is 33.1 Å². The summed E-state index contributed by atoms with van der Waals surface area (Å²) in [5.41, 5.74) is 0.950. The quantitative estimate of drug-likeness (QED) is 0.367. The average molecular weight is 502 g/mol. The van der Waals surface area contributed by atoms with Crippen LogP contribution in [0.15, 0.2) is 29.3 Å². The average Bonchev–Trinajstić information content (AvgIpc) is 2.56. The topological polar surface area (TPSA) is 79.8 Å². The fourth-order valence-corrected chi connectivity index (χ4v) is 4.15. The van der Waals surface area contributed by atoms with Crippen molar-refractivity contribution in [2.45, 2.75) is 24.1 Å². The lowest BCUT2D eigenvalue weighted by atomic mass is 9.99.